The number of carbonyl (C=O) groups excluding carboxylic acids is 1. The molecule has 0 unspecified atom stereocenters. The monoisotopic (exact) mass is 411 g/mol. The lowest BCUT2D eigenvalue weighted by molar-refractivity contribution is -0.115. The molecule has 6 heteroatoms. The summed E-state index contributed by atoms with van der Waals surface area (Å²) in [6.07, 6.45) is 1.91. The van der Waals surface area contributed by atoms with Gasteiger partial charge in [0.25, 0.3) is 5.91 Å². The Hall–Kier alpha value is -2.31. The average molecular weight is 412 g/mol. The van der Waals surface area contributed by atoms with Gasteiger partial charge in [-0.05, 0) is 58.0 Å². The number of halogens is 1. The van der Waals surface area contributed by atoms with E-state index in [1.165, 1.54) is 11.8 Å². The number of benzene rings is 2. The van der Waals surface area contributed by atoms with Gasteiger partial charge >= 0.3 is 0 Å². The minimum atomic E-state index is -0.124. The Kier molecular flexibility index (Phi) is 4.23. The van der Waals surface area contributed by atoms with Crippen LogP contribution < -0.4 is 5.32 Å². The zero-order chi connectivity index (χ0) is 17.4. The lowest BCUT2D eigenvalue weighted by Crippen LogP contribution is -2.19. The fraction of sp³-hybridized carbons (Fsp3) is 0.0526. The van der Waals surface area contributed by atoms with Crippen molar-refractivity contribution < 1.29 is 4.79 Å². The zero-order valence-electron chi connectivity index (χ0n) is 13.4. The van der Waals surface area contributed by atoms with Crippen LogP contribution in [0.1, 0.15) is 5.69 Å². The molecule has 2 heterocycles. The van der Waals surface area contributed by atoms with Crippen LogP contribution in [0.2, 0.25) is 0 Å². The van der Waals surface area contributed by atoms with E-state index < -0.39 is 0 Å². The van der Waals surface area contributed by atoms with Crippen molar-refractivity contribution in [3.8, 4) is 0 Å². The summed E-state index contributed by atoms with van der Waals surface area (Å²) in [4.78, 5) is 17.4. The summed E-state index contributed by atoms with van der Waals surface area (Å²) < 4.78 is 2.97. The third-order valence-electron chi connectivity index (χ3n) is 3.99. The van der Waals surface area contributed by atoms with Gasteiger partial charge in [-0.3, -0.25) is 4.79 Å². The average Bonchev–Trinajstić information content (AvgIpc) is 3.11. The van der Waals surface area contributed by atoms with Crippen LogP contribution in [-0.4, -0.2) is 15.6 Å². The number of thioether (sulfide) groups is 1. The molecule has 3 aromatic rings. The topological polar surface area (TPSA) is 46.4 Å². The molecule has 2 aromatic carbocycles. The normalized spacial score (nSPS) is 17.6. The molecule has 1 aliphatic rings. The van der Waals surface area contributed by atoms with Gasteiger partial charge in [0.1, 0.15) is 0 Å². The number of amides is 1. The second-order valence-electron chi connectivity index (χ2n) is 5.62. The largest absolute Gasteiger partial charge is 0.344 e. The molecule has 0 radical (unpaired) electrons. The van der Waals surface area contributed by atoms with Crippen LogP contribution in [0.15, 0.2) is 69.0 Å². The Morgan fingerprint density at radius 3 is 2.72 bits per heavy atom. The van der Waals surface area contributed by atoms with Gasteiger partial charge in [0.2, 0.25) is 0 Å². The number of aromatic nitrogens is 1. The summed E-state index contributed by atoms with van der Waals surface area (Å²) in [5.41, 5.74) is 2.91. The van der Waals surface area contributed by atoms with Crippen molar-refractivity contribution in [1.82, 2.24) is 9.88 Å². The van der Waals surface area contributed by atoms with E-state index in [1.54, 1.807) is 0 Å². The second-order valence-corrected chi connectivity index (χ2v) is 7.51. The number of rotatable bonds is 2. The molecule has 4 rings (SSSR count). The molecule has 1 amide bonds. The Morgan fingerprint density at radius 2 is 1.92 bits per heavy atom. The summed E-state index contributed by atoms with van der Waals surface area (Å²) in [5, 5.41) is 4.57. The first-order chi connectivity index (χ1) is 12.1. The number of aryl methyl sites for hydroxylation is 1. The van der Waals surface area contributed by atoms with Crippen LogP contribution in [0.4, 0.5) is 5.69 Å². The summed E-state index contributed by atoms with van der Waals surface area (Å²) in [5.74, 6) is -0.124. The number of hydrogen-bond acceptors (Lipinski definition) is 3. The van der Waals surface area contributed by atoms with Gasteiger partial charge in [-0.1, -0.05) is 30.3 Å². The van der Waals surface area contributed by atoms with E-state index in [4.69, 9.17) is 0 Å². The molecule has 0 aliphatic carbocycles. The number of para-hydroxylation sites is 2. The number of nitrogens with one attached hydrogen (secondary N) is 1. The number of carbonyl (C=O) groups is 1. The smallest absolute Gasteiger partial charge is 0.264 e. The molecule has 4 nitrogen and oxygen atoms in total. The first kappa shape index (κ1) is 16.2. The first-order valence-electron chi connectivity index (χ1n) is 7.70. The minimum Gasteiger partial charge on any atom is -0.344 e. The van der Waals surface area contributed by atoms with E-state index in [0.717, 1.165) is 26.8 Å². The summed E-state index contributed by atoms with van der Waals surface area (Å²) >= 11 is 4.82. The molecule has 0 bridgehead atoms. The lowest BCUT2D eigenvalue weighted by atomic mass is 10.2. The van der Waals surface area contributed by atoms with Gasteiger partial charge in [0.15, 0.2) is 5.17 Å². The third kappa shape index (κ3) is 3.15. The molecule has 1 N–H and O–H groups in total. The van der Waals surface area contributed by atoms with E-state index in [2.05, 4.69) is 49.0 Å². The number of hydrogen-bond donors (Lipinski definition) is 1. The van der Waals surface area contributed by atoms with Crippen molar-refractivity contribution in [2.45, 2.75) is 0 Å². The minimum absolute atomic E-state index is 0.124. The van der Waals surface area contributed by atoms with Gasteiger partial charge in [0.05, 0.1) is 10.6 Å². The van der Waals surface area contributed by atoms with Gasteiger partial charge in [-0.25, -0.2) is 4.99 Å². The number of aliphatic imine (C=N–C) groups is 1. The van der Waals surface area contributed by atoms with E-state index in [1.807, 2.05) is 49.5 Å². The molecule has 124 valence electrons. The molecular weight excluding hydrogens is 398 g/mol. The standard InChI is InChI=1S/C19H14BrN3OS/c1-23-13(10-12-6-2-5-9-16(12)23)11-17-18(24)22-19(25-17)21-15-8-4-3-7-14(15)20/h2-11H,1H3,(H,21,22,24)/b17-11+. The van der Waals surface area contributed by atoms with E-state index in [-0.39, 0.29) is 5.91 Å². The van der Waals surface area contributed by atoms with Crippen LogP contribution in [0.3, 0.4) is 0 Å². The van der Waals surface area contributed by atoms with Crippen LogP contribution in [-0.2, 0) is 11.8 Å². The molecule has 0 atom stereocenters. The van der Waals surface area contributed by atoms with Crippen molar-refractivity contribution in [3.05, 3.63) is 69.7 Å². The third-order valence-corrected chi connectivity index (χ3v) is 5.57. The number of amidine groups is 1. The highest BCUT2D eigenvalue weighted by molar-refractivity contribution is 9.10. The second kappa shape index (κ2) is 6.54. The van der Waals surface area contributed by atoms with Crippen molar-refractivity contribution in [2.24, 2.45) is 12.0 Å². The van der Waals surface area contributed by atoms with Gasteiger partial charge in [-0.2, -0.15) is 0 Å². The maximum Gasteiger partial charge on any atom is 0.264 e. The number of fused-ring (bicyclic) bond motifs is 1. The summed E-state index contributed by atoms with van der Waals surface area (Å²) in [7, 11) is 2.00. The van der Waals surface area contributed by atoms with E-state index >= 15 is 0 Å². The van der Waals surface area contributed by atoms with Crippen LogP contribution in [0.25, 0.3) is 17.0 Å². The van der Waals surface area contributed by atoms with Crippen molar-refractivity contribution in [1.29, 1.82) is 0 Å². The molecule has 0 saturated carbocycles. The predicted octanol–water partition coefficient (Wildman–Crippen LogP) is 4.83. The maximum atomic E-state index is 12.3. The highest BCUT2D eigenvalue weighted by atomic mass is 79.9. The molecule has 1 saturated heterocycles. The SMILES string of the molecule is Cn1c(/C=C2/SC(=Nc3ccccc3Br)NC2=O)cc2ccccc21. The Labute approximate surface area is 157 Å². The predicted molar refractivity (Wildman–Crippen MR) is 108 cm³/mol. The fourth-order valence-electron chi connectivity index (χ4n) is 2.72. The highest BCUT2D eigenvalue weighted by Gasteiger charge is 2.24. The molecule has 1 aromatic heterocycles. The lowest BCUT2D eigenvalue weighted by Gasteiger charge is -1.99. The van der Waals surface area contributed by atoms with Gasteiger partial charge in [-0.15, -0.1) is 0 Å². The van der Waals surface area contributed by atoms with Crippen LogP contribution >= 0.6 is 27.7 Å². The van der Waals surface area contributed by atoms with Crippen molar-refractivity contribution in [2.75, 3.05) is 0 Å². The summed E-state index contributed by atoms with van der Waals surface area (Å²) in [6.45, 7) is 0. The van der Waals surface area contributed by atoms with E-state index in [9.17, 15) is 4.79 Å². The van der Waals surface area contributed by atoms with Crippen molar-refractivity contribution >= 4 is 61.4 Å². The Morgan fingerprint density at radius 1 is 1.16 bits per heavy atom. The quantitative estimate of drug-likeness (QED) is 0.613. The maximum absolute atomic E-state index is 12.3. The van der Waals surface area contributed by atoms with Crippen molar-refractivity contribution in [3.63, 3.8) is 0 Å². The van der Waals surface area contributed by atoms with Gasteiger partial charge in [0, 0.05) is 28.1 Å². The van der Waals surface area contributed by atoms with E-state index in [0.29, 0.717) is 10.1 Å². The Balaban J connectivity index is 1.67. The molecule has 1 fully saturated rings. The molecule has 0 spiro atoms. The molecular formula is C19H14BrN3OS. The van der Waals surface area contributed by atoms with Crippen LogP contribution in [0.5, 0.6) is 0 Å². The molecule has 25 heavy (non-hydrogen) atoms. The summed E-state index contributed by atoms with van der Waals surface area (Å²) in [6, 6.07) is 17.9. The van der Waals surface area contributed by atoms with Crippen LogP contribution in [0, 0.1) is 0 Å². The number of nitrogens with zero attached hydrogens (tertiary/aromatic N) is 2. The fourth-order valence-corrected chi connectivity index (χ4v) is 3.91. The van der Waals surface area contributed by atoms with Gasteiger partial charge < -0.3 is 9.88 Å². The molecule has 1 aliphatic heterocycles. The Bertz CT molecular complexity index is 1050. The zero-order valence-corrected chi connectivity index (χ0v) is 15.8. The first-order valence-corrected chi connectivity index (χ1v) is 9.31. The highest BCUT2D eigenvalue weighted by Crippen LogP contribution is 2.31.